The zero-order valence-electron chi connectivity index (χ0n) is 10.5. The molecule has 0 spiro atoms. The van der Waals surface area contributed by atoms with Crippen molar-refractivity contribution in [3.05, 3.63) is 35.7 Å². The molecule has 0 radical (unpaired) electrons. The molecule has 0 unspecified atom stereocenters. The molecule has 2 heterocycles. The lowest BCUT2D eigenvalue weighted by Crippen LogP contribution is -2.25. The fourth-order valence-electron chi connectivity index (χ4n) is 2.19. The van der Waals surface area contributed by atoms with Gasteiger partial charge in [0, 0.05) is 23.9 Å². The molecule has 0 aliphatic carbocycles. The van der Waals surface area contributed by atoms with Gasteiger partial charge in [-0.15, -0.1) is 11.3 Å². The van der Waals surface area contributed by atoms with Crippen molar-refractivity contribution in [2.75, 3.05) is 11.4 Å². The molecule has 2 aromatic rings. The van der Waals surface area contributed by atoms with Crippen LogP contribution >= 0.6 is 11.3 Å². The maximum atomic E-state index is 11.9. The van der Waals surface area contributed by atoms with Crippen LogP contribution in [-0.2, 0) is 9.59 Å². The van der Waals surface area contributed by atoms with E-state index in [0.29, 0.717) is 5.13 Å². The number of carbonyl (C=O) groups is 2. The molecular weight excluding hydrogens is 276 g/mol. The summed E-state index contributed by atoms with van der Waals surface area (Å²) in [5.74, 6) is -1.74. The summed E-state index contributed by atoms with van der Waals surface area (Å²) in [6, 6.07) is 9.68. The molecule has 3 rings (SSSR count). The minimum Gasteiger partial charge on any atom is -0.481 e. The maximum Gasteiger partial charge on any atom is 0.308 e. The molecule has 1 aliphatic rings. The summed E-state index contributed by atoms with van der Waals surface area (Å²) in [5, 5.41) is 11.4. The highest BCUT2D eigenvalue weighted by molar-refractivity contribution is 7.14. The molecule has 1 saturated heterocycles. The first-order valence-corrected chi connectivity index (χ1v) is 7.07. The summed E-state index contributed by atoms with van der Waals surface area (Å²) in [4.78, 5) is 28.7. The quantitative estimate of drug-likeness (QED) is 0.940. The number of benzene rings is 1. The number of thiazole rings is 1. The summed E-state index contributed by atoms with van der Waals surface area (Å²) in [6.45, 7) is 0.204. The standard InChI is InChI=1S/C14H12N2O3S/c17-12-6-10(13(18)19)7-16(12)14-15-11(8-20-14)9-4-2-1-3-5-9/h1-5,8,10H,6-7H2,(H,18,19)/t10-/m0/s1. The molecule has 0 saturated carbocycles. The van der Waals surface area contributed by atoms with E-state index in [-0.39, 0.29) is 18.9 Å². The molecule has 1 N–H and O–H groups in total. The van der Waals surface area contributed by atoms with Crippen LogP contribution in [0.5, 0.6) is 0 Å². The van der Waals surface area contributed by atoms with Gasteiger partial charge in [0.05, 0.1) is 11.6 Å². The van der Waals surface area contributed by atoms with Crippen molar-refractivity contribution in [2.24, 2.45) is 5.92 Å². The Hall–Kier alpha value is -2.21. The summed E-state index contributed by atoms with van der Waals surface area (Å²) in [5.41, 5.74) is 1.79. The van der Waals surface area contributed by atoms with E-state index >= 15 is 0 Å². The zero-order chi connectivity index (χ0) is 14.1. The van der Waals surface area contributed by atoms with E-state index in [9.17, 15) is 9.59 Å². The first-order chi connectivity index (χ1) is 9.65. The molecule has 1 fully saturated rings. The second kappa shape index (κ2) is 5.05. The number of nitrogens with zero attached hydrogens (tertiary/aromatic N) is 2. The number of carboxylic acids is 1. The van der Waals surface area contributed by atoms with Gasteiger partial charge in [-0.05, 0) is 0 Å². The molecule has 1 aromatic heterocycles. The fourth-order valence-corrected chi connectivity index (χ4v) is 3.05. The molecule has 6 heteroatoms. The Morgan fingerprint density at radius 1 is 1.35 bits per heavy atom. The molecule has 20 heavy (non-hydrogen) atoms. The summed E-state index contributed by atoms with van der Waals surface area (Å²) in [6.07, 6.45) is 0.0512. The SMILES string of the molecule is O=C(O)[C@H]1CC(=O)N(c2nc(-c3ccccc3)cs2)C1. The number of hydrogen-bond acceptors (Lipinski definition) is 4. The van der Waals surface area contributed by atoms with E-state index < -0.39 is 11.9 Å². The molecule has 5 nitrogen and oxygen atoms in total. The lowest BCUT2D eigenvalue weighted by molar-refractivity contribution is -0.141. The van der Waals surface area contributed by atoms with E-state index in [4.69, 9.17) is 5.11 Å². The van der Waals surface area contributed by atoms with E-state index in [2.05, 4.69) is 4.98 Å². The van der Waals surface area contributed by atoms with E-state index in [1.165, 1.54) is 16.2 Å². The van der Waals surface area contributed by atoms with Crippen LogP contribution in [0.4, 0.5) is 5.13 Å². The second-order valence-corrected chi connectivity index (χ2v) is 5.46. The third-order valence-electron chi connectivity index (χ3n) is 3.27. The molecule has 102 valence electrons. The molecule has 1 amide bonds. The zero-order valence-corrected chi connectivity index (χ0v) is 11.3. The van der Waals surface area contributed by atoms with E-state index in [1.807, 2.05) is 35.7 Å². The Kier molecular flexibility index (Phi) is 3.23. The predicted molar refractivity (Wildman–Crippen MR) is 75.6 cm³/mol. The third kappa shape index (κ3) is 2.30. The second-order valence-electron chi connectivity index (χ2n) is 4.62. The van der Waals surface area contributed by atoms with Crippen molar-refractivity contribution in [3.63, 3.8) is 0 Å². The first-order valence-electron chi connectivity index (χ1n) is 6.19. The van der Waals surface area contributed by atoms with Crippen molar-refractivity contribution in [1.82, 2.24) is 4.98 Å². The largest absolute Gasteiger partial charge is 0.481 e. The van der Waals surface area contributed by atoms with Crippen molar-refractivity contribution < 1.29 is 14.7 Å². The highest BCUT2D eigenvalue weighted by Crippen LogP contribution is 2.31. The average molecular weight is 288 g/mol. The number of aliphatic carboxylic acids is 1. The van der Waals surface area contributed by atoms with Gasteiger partial charge in [-0.1, -0.05) is 30.3 Å². The average Bonchev–Trinajstić information content (AvgIpc) is 3.06. The van der Waals surface area contributed by atoms with Crippen LogP contribution in [0.1, 0.15) is 6.42 Å². The summed E-state index contributed by atoms with van der Waals surface area (Å²) in [7, 11) is 0. The minimum atomic E-state index is -0.930. The Morgan fingerprint density at radius 2 is 2.10 bits per heavy atom. The molecule has 1 aliphatic heterocycles. The fraction of sp³-hybridized carbons (Fsp3) is 0.214. The monoisotopic (exact) mass is 288 g/mol. The van der Waals surface area contributed by atoms with Gasteiger partial charge in [-0.25, -0.2) is 4.98 Å². The summed E-state index contributed by atoms with van der Waals surface area (Å²) < 4.78 is 0. The van der Waals surface area contributed by atoms with Crippen LogP contribution in [0.2, 0.25) is 0 Å². The van der Waals surface area contributed by atoms with Crippen LogP contribution in [0, 0.1) is 5.92 Å². The van der Waals surface area contributed by atoms with Crippen LogP contribution in [0.3, 0.4) is 0 Å². The Morgan fingerprint density at radius 3 is 2.75 bits per heavy atom. The number of hydrogen-bond donors (Lipinski definition) is 1. The number of carboxylic acid groups (broad SMARTS) is 1. The lowest BCUT2D eigenvalue weighted by atomic mass is 10.1. The minimum absolute atomic E-state index is 0.0512. The lowest BCUT2D eigenvalue weighted by Gasteiger charge is -2.11. The smallest absolute Gasteiger partial charge is 0.308 e. The highest BCUT2D eigenvalue weighted by atomic mass is 32.1. The highest BCUT2D eigenvalue weighted by Gasteiger charge is 2.36. The Labute approximate surface area is 119 Å². The molecule has 1 atom stereocenters. The van der Waals surface area contributed by atoms with Crippen molar-refractivity contribution >= 4 is 28.3 Å². The molecule has 0 bridgehead atoms. The number of rotatable bonds is 3. The van der Waals surface area contributed by atoms with Crippen molar-refractivity contribution in [3.8, 4) is 11.3 Å². The van der Waals surface area contributed by atoms with Crippen molar-refractivity contribution in [2.45, 2.75) is 6.42 Å². The van der Waals surface area contributed by atoms with Gasteiger partial charge in [-0.3, -0.25) is 14.5 Å². The topological polar surface area (TPSA) is 70.5 Å². The first kappa shape index (κ1) is 12.8. The van der Waals surface area contributed by atoms with Crippen LogP contribution < -0.4 is 4.90 Å². The number of aromatic nitrogens is 1. The van der Waals surface area contributed by atoms with Crippen molar-refractivity contribution in [1.29, 1.82) is 0 Å². The van der Waals surface area contributed by atoms with E-state index in [1.54, 1.807) is 0 Å². The van der Waals surface area contributed by atoms with Gasteiger partial charge in [0.25, 0.3) is 0 Å². The maximum absolute atomic E-state index is 11.9. The van der Waals surface area contributed by atoms with Crippen LogP contribution in [0.15, 0.2) is 35.7 Å². The van der Waals surface area contributed by atoms with Gasteiger partial charge in [0.1, 0.15) is 0 Å². The number of amides is 1. The van der Waals surface area contributed by atoms with Gasteiger partial charge >= 0.3 is 5.97 Å². The van der Waals surface area contributed by atoms with E-state index in [0.717, 1.165) is 11.3 Å². The van der Waals surface area contributed by atoms with Crippen LogP contribution in [-0.4, -0.2) is 28.5 Å². The third-order valence-corrected chi connectivity index (χ3v) is 4.13. The molecule has 1 aromatic carbocycles. The normalized spacial score (nSPS) is 18.5. The van der Waals surface area contributed by atoms with Gasteiger partial charge < -0.3 is 5.11 Å². The van der Waals surface area contributed by atoms with Gasteiger partial charge in [-0.2, -0.15) is 0 Å². The Bertz CT molecular complexity index is 653. The van der Waals surface area contributed by atoms with Crippen LogP contribution in [0.25, 0.3) is 11.3 Å². The number of anilines is 1. The summed E-state index contributed by atoms with van der Waals surface area (Å²) >= 11 is 1.36. The van der Waals surface area contributed by atoms with Gasteiger partial charge in [0.15, 0.2) is 5.13 Å². The van der Waals surface area contributed by atoms with Gasteiger partial charge in [0.2, 0.25) is 5.91 Å². The predicted octanol–water partition coefficient (Wildman–Crippen LogP) is 2.25. The number of carbonyl (C=O) groups excluding carboxylic acids is 1. The Balaban J connectivity index is 1.84. The molecular formula is C14H12N2O3S.